The number of hydrogen-bond acceptors (Lipinski definition) is 6. The van der Waals surface area contributed by atoms with Gasteiger partial charge in [-0.25, -0.2) is 4.18 Å². The van der Waals surface area contributed by atoms with E-state index in [-0.39, 0.29) is 70.5 Å². The molecule has 0 aromatic heterocycles. The number of unbranched alkanes of at least 4 members (excludes halogenated alkanes) is 8. The van der Waals surface area contributed by atoms with Crippen molar-refractivity contribution in [3.63, 3.8) is 0 Å². The van der Waals surface area contributed by atoms with Crippen LogP contribution >= 0.6 is 0 Å². The van der Waals surface area contributed by atoms with Gasteiger partial charge in [-0.1, -0.05) is 64.0 Å². The summed E-state index contributed by atoms with van der Waals surface area (Å²) >= 11 is 0. The van der Waals surface area contributed by atoms with Crippen molar-refractivity contribution < 1.29 is 26.7 Å². The third-order valence-corrected chi connectivity index (χ3v) is 5.09. The van der Waals surface area contributed by atoms with Crippen LogP contribution in [0.2, 0.25) is 0 Å². The van der Waals surface area contributed by atoms with Crippen molar-refractivity contribution in [3.8, 4) is 0 Å². The van der Waals surface area contributed by atoms with Crippen molar-refractivity contribution in [2.75, 3.05) is 6.61 Å². The van der Waals surface area contributed by atoms with Crippen LogP contribution in [0.25, 0.3) is 0 Å². The zero-order valence-corrected chi connectivity index (χ0v) is 17.8. The molecule has 0 unspecified atom stereocenters. The molecule has 0 bridgehead atoms. The van der Waals surface area contributed by atoms with Crippen molar-refractivity contribution >= 4 is 67.8 Å². The average molecular weight is 447 g/mol. The average Bonchev–Trinajstić information content (AvgIpc) is 2.59. The standard InChI is InChI=1S/C20H38O6S.K.H/c1-3-5-6-13-16-19(21)17-14-11-9-7-8-10-12-15-18-20(22)26-27(23,24)25-4-2;;/h11,14,19,21H,3-10,12-13,15-18H2,1-2H3;;/b14-11-;;/t19-;;/m1../s1. The van der Waals surface area contributed by atoms with Crippen molar-refractivity contribution in [2.45, 2.75) is 103 Å². The fraction of sp³-hybridized carbons (Fsp3) is 0.850. The molecular formula is C20H39KO6S. The van der Waals surface area contributed by atoms with Crippen LogP contribution in [-0.4, -0.2) is 83.6 Å². The molecule has 0 aromatic rings. The summed E-state index contributed by atoms with van der Waals surface area (Å²) in [6.45, 7) is 3.64. The number of aliphatic hydroxyl groups is 1. The van der Waals surface area contributed by atoms with Gasteiger partial charge in [-0.2, -0.15) is 8.42 Å². The minimum absolute atomic E-state index is 0. The summed E-state index contributed by atoms with van der Waals surface area (Å²) in [6, 6.07) is 0. The van der Waals surface area contributed by atoms with Gasteiger partial charge in [0.15, 0.2) is 0 Å². The van der Waals surface area contributed by atoms with Crippen LogP contribution in [0.15, 0.2) is 12.2 Å². The van der Waals surface area contributed by atoms with E-state index in [0.717, 1.165) is 51.4 Å². The number of hydrogen-bond donors (Lipinski definition) is 1. The van der Waals surface area contributed by atoms with Crippen molar-refractivity contribution in [1.29, 1.82) is 0 Å². The van der Waals surface area contributed by atoms with Gasteiger partial charge < -0.3 is 9.29 Å². The molecule has 1 atom stereocenters. The first-order chi connectivity index (χ1) is 12.9. The van der Waals surface area contributed by atoms with Gasteiger partial charge in [0.1, 0.15) is 0 Å². The summed E-state index contributed by atoms with van der Waals surface area (Å²) in [5.74, 6) is -0.764. The molecule has 0 heterocycles. The van der Waals surface area contributed by atoms with E-state index < -0.39 is 16.4 Å². The van der Waals surface area contributed by atoms with E-state index in [2.05, 4.69) is 27.4 Å². The number of carbonyl (C=O) groups excluding carboxylic acids is 1. The SMILES string of the molecule is CCCCCC[C@@H](O)C/C=C\CCCCCCCC(=O)OS(=O)(=O)OCC.[KH]. The number of aliphatic hydroxyl groups excluding tert-OH is 1. The second-order valence-electron chi connectivity index (χ2n) is 6.79. The molecule has 6 nitrogen and oxygen atoms in total. The van der Waals surface area contributed by atoms with E-state index in [9.17, 15) is 18.3 Å². The first-order valence-corrected chi connectivity index (χ1v) is 11.7. The van der Waals surface area contributed by atoms with Crippen molar-refractivity contribution in [1.82, 2.24) is 0 Å². The Kier molecular flexibility index (Phi) is 23.1. The van der Waals surface area contributed by atoms with E-state index in [1.807, 2.05) is 0 Å². The Hall–Kier alpha value is 0.716. The molecule has 0 aliphatic rings. The Bertz CT molecular complexity index is 493. The van der Waals surface area contributed by atoms with E-state index >= 15 is 0 Å². The number of carbonyl (C=O) groups is 1. The van der Waals surface area contributed by atoms with Gasteiger partial charge in [-0.3, -0.25) is 4.79 Å². The Labute approximate surface area is 214 Å². The summed E-state index contributed by atoms with van der Waals surface area (Å²) < 4.78 is 30.9. The molecule has 1 N–H and O–H groups in total. The second-order valence-corrected chi connectivity index (χ2v) is 8.01. The quantitative estimate of drug-likeness (QED) is 0.193. The van der Waals surface area contributed by atoms with Gasteiger partial charge in [0.25, 0.3) is 0 Å². The Morgan fingerprint density at radius 1 is 0.964 bits per heavy atom. The maximum absolute atomic E-state index is 11.4. The predicted octanol–water partition coefficient (Wildman–Crippen LogP) is 4.17. The van der Waals surface area contributed by atoms with Gasteiger partial charge in [-0.05, 0) is 39.0 Å². The van der Waals surface area contributed by atoms with Gasteiger partial charge in [0, 0.05) is 6.42 Å². The molecule has 0 amide bonds. The van der Waals surface area contributed by atoms with Crippen LogP contribution in [0.5, 0.6) is 0 Å². The van der Waals surface area contributed by atoms with Crippen LogP contribution < -0.4 is 0 Å². The molecule has 28 heavy (non-hydrogen) atoms. The monoisotopic (exact) mass is 446 g/mol. The molecule has 0 saturated heterocycles. The Balaban J connectivity index is 0. The Morgan fingerprint density at radius 2 is 1.61 bits per heavy atom. The molecule has 162 valence electrons. The van der Waals surface area contributed by atoms with Crippen molar-refractivity contribution in [3.05, 3.63) is 12.2 Å². The van der Waals surface area contributed by atoms with Crippen molar-refractivity contribution in [2.24, 2.45) is 0 Å². The van der Waals surface area contributed by atoms with Crippen LogP contribution in [0.1, 0.15) is 97.3 Å². The van der Waals surface area contributed by atoms with Crippen LogP contribution in [0, 0.1) is 0 Å². The fourth-order valence-electron chi connectivity index (χ4n) is 2.68. The first-order valence-electron chi connectivity index (χ1n) is 10.4. The Morgan fingerprint density at radius 3 is 2.29 bits per heavy atom. The summed E-state index contributed by atoms with van der Waals surface area (Å²) in [5.41, 5.74) is 0. The van der Waals surface area contributed by atoms with Crippen LogP contribution in [0.3, 0.4) is 0 Å². The van der Waals surface area contributed by atoms with E-state index in [4.69, 9.17) is 0 Å². The number of allylic oxidation sites excluding steroid dienone is 1. The van der Waals surface area contributed by atoms with E-state index in [0.29, 0.717) is 6.42 Å². The third-order valence-electron chi connectivity index (χ3n) is 4.17. The van der Waals surface area contributed by atoms with Gasteiger partial charge >= 0.3 is 67.8 Å². The van der Waals surface area contributed by atoms with Crippen LogP contribution in [0.4, 0.5) is 0 Å². The third kappa shape index (κ3) is 21.4. The van der Waals surface area contributed by atoms with Crippen LogP contribution in [-0.2, 0) is 23.6 Å². The first kappa shape index (κ1) is 30.9. The molecular weight excluding hydrogens is 407 g/mol. The van der Waals surface area contributed by atoms with E-state index in [1.165, 1.54) is 26.2 Å². The molecule has 0 radical (unpaired) electrons. The molecule has 0 saturated carbocycles. The predicted molar refractivity (Wildman–Crippen MR) is 115 cm³/mol. The molecule has 0 aromatic carbocycles. The minimum atomic E-state index is -4.18. The summed E-state index contributed by atoms with van der Waals surface area (Å²) in [7, 11) is -4.18. The molecule has 0 aliphatic carbocycles. The molecule has 8 heteroatoms. The zero-order valence-electron chi connectivity index (χ0n) is 17.0. The van der Waals surface area contributed by atoms with Gasteiger partial charge in [0.2, 0.25) is 0 Å². The molecule has 0 spiro atoms. The number of rotatable bonds is 18. The summed E-state index contributed by atoms with van der Waals surface area (Å²) in [4.78, 5) is 11.4. The fourth-order valence-corrected chi connectivity index (χ4v) is 3.33. The summed E-state index contributed by atoms with van der Waals surface area (Å²) in [5, 5.41) is 9.86. The normalized spacial score (nSPS) is 12.7. The topological polar surface area (TPSA) is 89.9 Å². The van der Waals surface area contributed by atoms with Gasteiger partial charge in [0.05, 0.1) is 12.7 Å². The molecule has 0 fully saturated rings. The van der Waals surface area contributed by atoms with Gasteiger partial charge in [-0.15, -0.1) is 0 Å². The zero-order chi connectivity index (χ0) is 20.4. The van der Waals surface area contributed by atoms with E-state index in [1.54, 1.807) is 0 Å². The maximum atomic E-state index is 11.4. The molecule has 0 aliphatic heterocycles. The summed E-state index contributed by atoms with van der Waals surface area (Å²) in [6.07, 6.45) is 16.1. The second kappa shape index (κ2) is 21.0. The molecule has 0 rings (SSSR count).